The third-order valence-corrected chi connectivity index (χ3v) is 3.77. The van der Waals surface area contributed by atoms with Crippen molar-refractivity contribution in [2.75, 3.05) is 13.2 Å². The Balaban J connectivity index is 1.57. The molecule has 1 unspecified atom stereocenters. The molecule has 2 aromatic rings. The smallest absolute Gasteiger partial charge is 0.306 e. The Labute approximate surface area is 154 Å². The molecule has 1 atom stereocenters. The monoisotopic (exact) mass is 355 g/mol. The molecular formula is C21H25NO4. The van der Waals surface area contributed by atoms with E-state index in [1.54, 1.807) is 6.92 Å². The van der Waals surface area contributed by atoms with Gasteiger partial charge < -0.3 is 14.8 Å². The summed E-state index contributed by atoms with van der Waals surface area (Å²) >= 11 is 0. The Morgan fingerprint density at radius 1 is 1.00 bits per heavy atom. The van der Waals surface area contributed by atoms with Gasteiger partial charge in [-0.25, -0.2) is 0 Å². The average molecular weight is 355 g/mol. The number of para-hydroxylation sites is 1. The zero-order valence-corrected chi connectivity index (χ0v) is 15.0. The number of esters is 1. The molecule has 0 bridgehead atoms. The molecule has 0 saturated carbocycles. The molecule has 0 aliphatic rings. The van der Waals surface area contributed by atoms with Gasteiger partial charge in [-0.3, -0.25) is 9.59 Å². The minimum absolute atomic E-state index is 0.217. The van der Waals surface area contributed by atoms with Gasteiger partial charge in [0.25, 0.3) is 5.91 Å². The molecule has 0 aliphatic carbocycles. The van der Waals surface area contributed by atoms with E-state index in [4.69, 9.17) is 9.47 Å². The van der Waals surface area contributed by atoms with Crippen LogP contribution in [0.5, 0.6) is 5.75 Å². The van der Waals surface area contributed by atoms with Crippen molar-refractivity contribution in [2.45, 2.75) is 32.3 Å². The Kier molecular flexibility index (Phi) is 8.19. The van der Waals surface area contributed by atoms with E-state index in [-0.39, 0.29) is 12.3 Å². The highest BCUT2D eigenvalue weighted by Gasteiger charge is 2.17. The summed E-state index contributed by atoms with van der Waals surface area (Å²) in [6.45, 7) is 2.52. The highest BCUT2D eigenvalue weighted by Crippen LogP contribution is 2.09. The van der Waals surface area contributed by atoms with Crippen LogP contribution in [0.1, 0.15) is 25.3 Å². The van der Waals surface area contributed by atoms with Crippen molar-refractivity contribution in [2.24, 2.45) is 0 Å². The van der Waals surface area contributed by atoms with Gasteiger partial charge in [0, 0.05) is 13.0 Å². The molecule has 2 aromatic carbocycles. The molecular weight excluding hydrogens is 330 g/mol. The summed E-state index contributed by atoms with van der Waals surface area (Å²) in [5.41, 5.74) is 1.15. The quantitative estimate of drug-likeness (QED) is 0.525. The second-order valence-corrected chi connectivity index (χ2v) is 5.92. The van der Waals surface area contributed by atoms with E-state index in [2.05, 4.69) is 5.32 Å². The van der Waals surface area contributed by atoms with E-state index in [9.17, 15) is 9.59 Å². The zero-order chi connectivity index (χ0) is 18.6. The highest BCUT2D eigenvalue weighted by atomic mass is 16.5. The third kappa shape index (κ3) is 7.38. The van der Waals surface area contributed by atoms with Crippen LogP contribution in [0, 0.1) is 0 Å². The summed E-state index contributed by atoms with van der Waals surface area (Å²) < 4.78 is 10.7. The fraction of sp³-hybridized carbons (Fsp3) is 0.333. The lowest BCUT2D eigenvalue weighted by atomic mass is 10.1. The second kappa shape index (κ2) is 10.9. The van der Waals surface area contributed by atoms with Crippen LogP contribution in [0.4, 0.5) is 0 Å². The van der Waals surface area contributed by atoms with Crippen molar-refractivity contribution >= 4 is 11.9 Å². The van der Waals surface area contributed by atoms with Gasteiger partial charge >= 0.3 is 5.97 Å². The molecule has 2 rings (SSSR count). The number of benzene rings is 2. The SMILES string of the molecule is CC(OC(=O)CCCOc1ccccc1)C(=O)NCCc1ccccc1. The van der Waals surface area contributed by atoms with Crippen LogP contribution in [0.15, 0.2) is 60.7 Å². The molecule has 0 aromatic heterocycles. The van der Waals surface area contributed by atoms with Gasteiger partial charge in [0.2, 0.25) is 0 Å². The summed E-state index contributed by atoms with van der Waals surface area (Å²) in [6.07, 6.45) is 0.697. The van der Waals surface area contributed by atoms with E-state index >= 15 is 0 Å². The molecule has 0 aliphatic heterocycles. The van der Waals surface area contributed by atoms with E-state index in [1.807, 2.05) is 60.7 Å². The molecule has 0 spiro atoms. The van der Waals surface area contributed by atoms with Crippen LogP contribution < -0.4 is 10.1 Å². The molecule has 26 heavy (non-hydrogen) atoms. The second-order valence-electron chi connectivity index (χ2n) is 5.92. The number of hydrogen-bond acceptors (Lipinski definition) is 4. The first kappa shape index (κ1) is 19.5. The number of amides is 1. The lowest BCUT2D eigenvalue weighted by Gasteiger charge is -2.13. The van der Waals surface area contributed by atoms with Gasteiger partial charge in [0.1, 0.15) is 5.75 Å². The zero-order valence-electron chi connectivity index (χ0n) is 15.0. The number of hydrogen-bond donors (Lipinski definition) is 1. The Morgan fingerprint density at radius 3 is 2.35 bits per heavy atom. The van der Waals surface area contributed by atoms with Crippen molar-refractivity contribution in [1.82, 2.24) is 5.32 Å². The molecule has 5 heteroatoms. The standard InChI is InChI=1S/C21H25NO4/c1-17(21(24)22-15-14-18-9-4-2-5-10-18)26-20(23)13-8-16-25-19-11-6-3-7-12-19/h2-7,9-12,17H,8,13-16H2,1H3,(H,22,24). The number of carbonyl (C=O) groups is 2. The summed E-state index contributed by atoms with van der Waals surface area (Å²) in [5, 5.41) is 2.78. The summed E-state index contributed by atoms with van der Waals surface area (Å²) in [4.78, 5) is 23.8. The number of nitrogens with one attached hydrogen (secondary N) is 1. The van der Waals surface area contributed by atoms with Crippen molar-refractivity contribution in [3.63, 3.8) is 0 Å². The van der Waals surface area contributed by atoms with E-state index < -0.39 is 12.1 Å². The normalized spacial score (nSPS) is 11.4. The van der Waals surface area contributed by atoms with Gasteiger partial charge in [0.05, 0.1) is 6.61 Å². The first-order valence-electron chi connectivity index (χ1n) is 8.84. The van der Waals surface area contributed by atoms with Crippen molar-refractivity contribution in [1.29, 1.82) is 0 Å². The van der Waals surface area contributed by atoms with Crippen molar-refractivity contribution in [3.8, 4) is 5.75 Å². The van der Waals surface area contributed by atoms with Crippen LogP contribution in [-0.4, -0.2) is 31.1 Å². The van der Waals surface area contributed by atoms with Gasteiger partial charge in [-0.15, -0.1) is 0 Å². The fourth-order valence-electron chi connectivity index (χ4n) is 2.35. The summed E-state index contributed by atoms with van der Waals surface area (Å²) in [6, 6.07) is 19.3. The van der Waals surface area contributed by atoms with Gasteiger partial charge in [-0.05, 0) is 37.5 Å². The summed E-state index contributed by atoms with van der Waals surface area (Å²) in [5.74, 6) is 0.0919. The first-order valence-corrected chi connectivity index (χ1v) is 8.84. The Hall–Kier alpha value is -2.82. The van der Waals surface area contributed by atoms with E-state index in [0.717, 1.165) is 17.7 Å². The van der Waals surface area contributed by atoms with E-state index in [1.165, 1.54) is 0 Å². The molecule has 0 heterocycles. The molecule has 0 saturated heterocycles. The lowest BCUT2D eigenvalue weighted by molar-refractivity contribution is -0.155. The Morgan fingerprint density at radius 2 is 1.65 bits per heavy atom. The third-order valence-electron chi connectivity index (χ3n) is 3.77. The maximum Gasteiger partial charge on any atom is 0.306 e. The van der Waals surface area contributed by atoms with Crippen LogP contribution in [0.25, 0.3) is 0 Å². The van der Waals surface area contributed by atoms with Crippen LogP contribution in [-0.2, 0) is 20.7 Å². The van der Waals surface area contributed by atoms with Crippen LogP contribution in [0.3, 0.4) is 0 Å². The molecule has 0 radical (unpaired) electrons. The number of ether oxygens (including phenoxy) is 2. The topological polar surface area (TPSA) is 64.6 Å². The molecule has 0 fully saturated rings. The first-order chi connectivity index (χ1) is 12.6. The maximum absolute atomic E-state index is 12.0. The van der Waals surface area contributed by atoms with Crippen molar-refractivity contribution in [3.05, 3.63) is 66.2 Å². The molecule has 138 valence electrons. The molecule has 5 nitrogen and oxygen atoms in total. The average Bonchev–Trinajstić information content (AvgIpc) is 2.67. The van der Waals surface area contributed by atoms with Crippen LogP contribution in [0.2, 0.25) is 0 Å². The predicted molar refractivity (Wildman–Crippen MR) is 99.9 cm³/mol. The van der Waals surface area contributed by atoms with Crippen LogP contribution >= 0.6 is 0 Å². The number of carbonyl (C=O) groups excluding carboxylic acids is 2. The molecule has 1 N–H and O–H groups in total. The Bertz CT molecular complexity index is 673. The number of rotatable bonds is 10. The minimum atomic E-state index is -0.798. The van der Waals surface area contributed by atoms with Gasteiger partial charge in [0.15, 0.2) is 6.10 Å². The van der Waals surface area contributed by atoms with E-state index in [0.29, 0.717) is 19.6 Å². The molecule has 1 amide bonds. The predicted octanol–water partition coefficient (Wildman–Crippen LogP) is 3.14. The maximum atomic E-state index is 12.0. The lowest BCUT2D eigenvalue weighted by Crippen LogP contribution is -2.36. The van der Waals surface area contributed by atoms with Gasteiger partial charge in [-0.1, -0.05) is 48.5 Å². The largest absolute Gasteiger partial charge is 0.494 e. The van der Waals surface area contributed by atoms with Crippen molar-refractivity contribution < 1.29 is 19.1 Å². The minimum Gasteiger partial charge on any atom is -0.494 e. The van der Waals surface area contributed by atoms with Gasteiger partial charge in [-0.2, -0.15) is 0 Å². The fourth-order valence-corrected chi connectivity index (χ4v) is 2.35. The summed E-state index contributed by atoms with van der Waals surface area (Å²) in [7, 11) is 0. The highest BCUT2D eigenvalue weighted by molar-refractivity contribution is 5.83.